The summed E-state index contributed by atoms with van der Waals surface area (Å²) in [6.45, 7) is 6.10. The third kappa shape index (κ3) is 5.39. The number of hydrogen-bond donors (Lipinski definition) is 1. The third-order valence-electron chi connectivity index (χ3n) is 4.74. The zero-order valence-electron chi connectivity index (χ0n) is 16.4. The summed E-state index contributed by atoms with van der Waals surface area (Å²) in [6, 6.07) is 11.5. The van der Waals surface area contributed by atoms with Crippen LogP contribution in [0.4, 0.5) is 4.39 Å². The van der Waals surface area contributed by atoms with Gasteiger partial charge in [0, 0.05) is 13.6 Å². The van der Waals surface area contributed by atoms with Crippen LogP contribution in [0.5, 0.6) is 0 Å². The summed E-state index contributed by atoms with van der Waals surface area (Å²) >= 11 is 0. The van der Waals surface area contributed by atoms with E-state index in [9.17, 15) is 14.0 Å². The average molecular weight is 370 g/mol. The molecule has 0 saturated heterocycles. The molecule has 0 aliphatic carbocycles. The number of rotatable bonds is 7. The fourth-order valence-electron chi connectivity index (χ4n) is 3.13. The van der Waals surface area contributed by atoms with E-state index in [1.54, 1.807) is 24.1 Å². The van der Waals surface area contributed by atoms with Gasteiger partial charge in [-0.15, -0.1) is 0 Å². The van der Waals surface area contributed by atoms with Crippen molar-refractivity contribution in [1.29, 1.82) is 0 Å². The number of aryl methyl sites for hydroxylation is 2. The average Bonchev–Trinajstić information content (AvgIpc) is 2.65. The third-order valence-corrected chi connectivity index (χ3v) is 4.74. The van der Waals surface area contributed by atoms with Crippen LogP contribution in [0, 0.1) is 19.7 Å². The molecule has 144 valence electrons. The molecule has 0 aliphatic rings. The lowest BCUT2D eigenvalue weighted by Gasteiger charge is -2.30. The van der Waals surface area contributed by atoms with E-state index in [0.29, 0.717) is 6.42 Å². The minimum atomic E-state index is -0.572. The van der Waals surface area contributed by atoms with Crippen molar-refractivity contribution in [2.45, 2.75) is 46.2 Å². The first-order valence-corrected chi connectivity index (χ1v) is 9.17. The first-order valence-electron chi connectivity index (χ1n) is 9.17. The summed E-state index contributed by atoms with van der Waals surface area (Å²) < 4.78 is 13.2. The molecule has 0 radical (unpaired) electrons. The molecule has 1 N–H and O–H groups in total. The highest BCUT2D eigenvalue weighted by Gasteiger charge is 2.28. The Morgan fingerprint density at radius 1 is 1.11 bits per heavy atom. The van der Waals surface area contributed by atoms with Gasteiger partial charge in [-0.2, -0.15) is 0 Å². The van der Waals surface area contributed by atoms with E-state index in [4.69, 9.17) is 0 Å². The second kappa shape index (κ2) is 9.31. The minimum absolute atomic E-state index is 0.122. The smallest absolute Gasteiger partial charge is 0.242 e. The van der Waals surface area contributed by atoms with Gasteiger partial charge in [0.1, 0.15) is 11.9 Å². The summed E-state index contributed by atoms with van der Waals surface area (Å²) in [4.78, 5) is 27.1. The quantitative estimate of drug-likeness (QED) is 0.810. The second-order valence-electron chi connectivity index (χ2n) is 6.79. The van der Waals surface area contributed by atoms with Gasteiger partial charge in [0.2, 0.25) is 11.8 Å². The standard InChI is InChI=1S/C22H27FN2O2/c1-5-20(22(27)24-4)25(14-17-8-10-19(23)11-9-17)21(26)13-18-12-15(2)6-7-16(18)3/h6-12,20H,5,13-14H2,1-4H3,(H,24,27). The van der Waals surface area contributed by atoms with Crippen LogP contribution in [0.25, 0.3) is 0 Å². The Hall–Kier alpha value is -2.69. The fourth-order valence-corrected chi connectivity index (χ4v) is 3.13. The van der Waals surface area contributed by atoms with Gasteiger partial charge < -0.3 is 10.2 Å². The predicted octanol–water partition coefficient (Wildman–Crippen LogP) is 3.54. The molecule has 1 unspecified atom stereocenters. The molecule has 2 aromatic carbocycles. The van der Waals surface area contributed by atoms with Gasteiger partial charge >= 0.3 is 0 Å². The van der Waals surface area contributed by atoms with E-state index >= 15 is 0 Å². The van der Waals surface area contributed by atoms with Gasteiger partial charge in [0.15, 0.2) is 0 Å². The number of benzene rings is 2. The SMILES string of the molecule is CCC(C(=O)NC)N(Cc1ccc(F)cc1)C(=O)Cc1cc(C)ccc1C. The highest BCUT2D eigenvalue weighted by Crippen LogP contribution is 2.17. The van der Waals surface area contributed by atoms with Gasteiger partial charge in [-0.05, 0) is 49.1 Å². The minimum Gasteiger partial charge on any atom is -0.357 e. The van der Waals surface area contributed by atoms with Gasteiger partial charge in [-0.3, -0.25) is 9.59 Å². The van der Waals surface area contributed by atoms with Crippen molar-refractivity contribution in [3.8, 4) is 0 Å². The van der Waals surface area contributed by atoms with Crippen LogP contribution >= 0.6 is 0 Å². The second-order valence-corrected chi connectivity index (χ2v) is 6.79. The molecule has 0 aliphatic heterocycles. The normalized spacial score (nSPS) is 11.7. The number of amides is 2. The van der Waals surface area contributed by atoms with Crippen LogP contribution < -0.4 is 5.32 Å². The van der Waals surface area contributed by atoms with Crippen molar-refractivity contribution in [3.63, 3.8) is 0 Å². The van der Waals surface area contributed by atoms with E-state index in [-0.39, 0.29) is 30.6 Å². The van der Waals surface area contributed by atoms with Crippen molar-refractivity contribution in [2.75, 3.05) is 7.05 Å². The number of carbonyl (C=O) groups is 2. The molecule has 1 atom stereocenters. The number of halogens is 1. The molecule has 0 fully saturated rings. The van der Waals surface area contributed by atoms with Gasteiger partial charge in [0.05, 0.1) is 6.42 Å². The molecular weight excluding hydrogens is 343 g/mol. The van der Waals surface area contributed by atoms with Gasteiger partial charge in [0.25, 0.3) is 0 Å². The fraction of sp³-hybridized carbons (Fsp3) is 0.364. The van der Waals surface area contributed by atoms with Crippen molar-refractivity contribution in [2.24, 2.45) is 0 Å². The Labute approximate surface area is 160 Å². The lowest BCUT2D eigenvalue weighted by molar-refractivity contribution is -0.140. The highest BCUT2D eigenvalue weighted by molar-refractivity contribution is 5.88. The van der Waals surface area contributed by atoms with Crippen LogP contribution in [0.15, 0.2) is 42.5 Å². The Morgan fingerprint density at radius 2 is 1.78 bits per heavy atom. The summed E-state index contributed by atoms with van der Waals surface area (Å²) in [7, 11) is 1.57. The summed E-state index contributed by atoms with van der Waals surface area (Å²) in [5.74, 6) is -0.650. The Morgan fingerprint density at radius 3 is 2.37 bits per heavy atom. The van der Waals surface area contributed by atoms with E-state index < -0.39 is 6.04 Å². The Bertz CT molecular complexity index is 802. The molecule has 2 amide bonds. The van der Waals surface area contributed by atoms with E-state index in [2.05, 4.69) is 5.32 Å². The summed E-state index contributed by atoms with van der Waals surface area (Å²) in [5, 5.41) is 2.64. The first kappa shape index (κ1) is 20.6. The van der Waals surface area contributed by atoms with E-state index in [0.717, 1.165) is 22.3 Å². The monoisotopic (exact) mass is 370 g/mol. The topological polar surface area (TPSA) is 49.4 Å². The molecule has 0 bridgehead atoms. The van der Waals surface area contributed by atoms with Crippen LogP contribution in [0.3, 0.4) is 0 Å². The van der Waals surface area contributed by atoms with Crippen molar-refractivity contribution in [1.82, 2.24) is 10.2 Å². The lowest BCUT2D eigenvalue weighted by Crippen LogP contribution is -2.48. The maximum Gasteiger partial charge on any atom is 0.242 e. The van der Waals surface area contributed by atoms with Gasteiger partial charge in [-0.25, -0.2) is 4.39 Å². The number of nitrogens with one attached hydrogen (secondary N) is 1. The maximum absolute atomic E-state index is 13.2. The molecule has 2 aromatic rings. The molecular formula is C22H27FN2O2. The zero-order valence-corrected chi connectivity index (χ0v) is 16.4. The van der Waals surface area contributed by atoms with Crippen molar-refractivity contribution >= 4 is 11.8 Å². The molecule has 27 heavy (non-hydrogen) atoms. The number of carbonyl (C=O) groups excluding carboxylic acids is 2. The largest absolute Gasteiger partial charge is 0.357 e. The summed E-state index contributed by atoms with van der Waals surface area (Å²) in [6.07, 6.45) is 0.724. The van der Waals surface area contributed by atoms with Crippen LogP contribution in [0.2, 0.25) is 0 Å². The van der Waals surface area contributed by atoms with E-state index in [1.165, 1.54) is 12.1 Å². The first-order chi connectivity index (χ1) is 12.8. The van der Waals surface area contributed by atoms with Crippen LogP contribution in [0.1, 0.15) is 35.6 Å². The van der Waals surface area contributed by atoms with Crippen LogP contribution in [-0.2, 0) is 22.6 Å². The van der Waals surface area contributed by atoms with Crippen molar-refractivity contribution in [3.05, 3.63) is 70.5 Å². The lowest BCUT2D eigenvalue weighted by atomic mass is 10.0. The Kier molecular flexibility index (Phi) is 7.11. The number of hydrogen-bond acceptors (Lipinski definition) is 2. The Balaban J connectivity index is 2.31. The predicted molar refractivity (Wildman–Crippen MR) is 105 cm³/mol. The molecule has 0 spiro atoms. The molecule has 4 nitrogen and oxygen atoms in total. The van der Waals surface area contributed by atoms with Crippen LogP contribution in [-0.4, -0.2) is 29.8 Å². The van der Waals surface area contributed by atoms with Gasteiger partial charge in [-0.1, -0.05) is 42.8 Å². The van der Waals surface area contributed by atoms with E-state index in [1.807, 2.05) is 39.0 Å². The molecule has 5 heteroatoms. The molecule has 0 aromatic heterocycles. The molecule has 2 rings (SSSR count). The zero-order chi connectivity index (χ0) is 20.0. The van der Waals surface area contributed by atoms with Crippen molar-refractivity contribution < 1.29 is 14.0 Å². The molecule has 0 heterocycles. The molecule has 0 saturated carbocycles. The summed E-state index contributed by atoms with van der Waals surface area (Å²) in [5.41, 5.74) is 3.87. The number of nitrogens with zero attached hydrogens (tertiary/aromatic N) is 1. The maximum atomic E-state index is 13.2. The highest BCUT2D eigenvalue weighted by atomic mass is 19.1. The number of likely N-dealkylation sites (N-methyl/N-ethyl adjacent to an activating group) is 1.